The Balaban J connectivity index is 1.57. The Hall–Kier alpha value is -2.49. The van der Waals surface area contributed by atoms with Gasteiger partial charge in [-0.15, -0.1) is 0 Å². The lowest BCUT2D eigenvalue weighted by atomic mass is 10.0. The van der Waals surface area contributed by atoms with Crippen LogP contribution in [0.5, 0.6) is 11.5 Å². The highest BCUT2D eigenvalue weighted by Crippen LogP contribution is 2.45. The van der Waals surface area contributed by atoms with E-state index in [0.29, 0.717) is 5.75 Å². The third-order valence-corrected chi connectivity index (χ3v) is 4.16. The van der Waals surface area contributed by atoms with Crippen LogP contribution in [0.3, 0.4) is 0 Å². The van der Waals surface area contributed by atoms with Gasteiger partial charge in [-0.1, -0.05) is 29.8 Å². The van der Waals surface area contributed by atoms with E-state index < -0.39 is 0 Å². The number of carbonyl (C=O) groups is 1. The first kappa shape index (κ1) is 15.4. The number of rotatable bonds is 6. The van der Waals surface area contributed by atoms with Crippen molar-refractivity contribution in [3.05, 3.63) is 59.7 Å². The highest BCUT2D eigenvalue weighted by atomic mass is 16.5. The van der Waals surface area contributed by atoms with Gasteiger partial charge in [0, 0.05) is 0 Å². The number of aryl methyl sites for hydroxylation is 1. The van der Waals surface area contributed by atoms with E-state index in [0.717, 1.165) is 24.2 Å². The van der Waals surface area contributed by atoms with Crippen molar-refractivity contribution in [1.82, 2.24) is 5.32 Å². The molecule has 0 radical (unpaired) electrons. The summed E-state index contributed by atoms with van der Waals surface area (Å²) >= 11 is 0. The van der Waals surface area contributed by atoms with E-state index in [9.17, 15) is 4.79 Å². The Bertz CT molecular complexity index is 673. The predicted octanol–water partition coefficient (Wildman–Crippen LogP) is 3.19. The fourth-order valence-electron chi connectivity index (χ4n) is 2.61. The summed E-state index contributed by atoms with van der Waals surface area (Å²) in [7, 11) is 1.64. The van der Waals surface area contributed by atoms with E-state index in [2.05, 4.69) is 5.32 Å². The minimum atomic E-state index is -0.236. The Kier molecular flexibility index (Phi) is 4.24. The Morgan fingerprint density at radius 1 is 1.04 bits per heavy atom. The molecule has 0 spiro atoms. The molecule has 0 saturated heterocycles. The predicted molar refractivity (Wildman–Crippen MR) is 88.7 cm³/mol. The normalized spacial score (nSPS) is 14.9. The second-order valence-corrected chi connectivity index (χ2v) is 5.96. The fourth-order valence-corrected chi connectivity index (χ4v) is 2.61. The van der Waals surface area contributed by atoms with Gasteiger partial charge in [0.2, 0.25) is 0 Å². The second-order valence-electron chi connectivity index (χ2n) is 5.96. The number of amides is 1. The lowest BCUT2D eigenvalue weighted by molar-refractivity contribution is -0.124. The molecule has 0 aromatic heterocycles. The topological polar surface area (TPSA) is 47.6 Å². The molecule has 1 fully saturated rings. The number of ether oxygens (including phenoxy) is 2. The quantitative estimate of drug-likeness (QED) is 0.891. The van der Waals surface area contributed by atoms with Gasteiger partial charge in [0.05, 0.1) is 12.6 Å². The average molecular weight is 311 g/mol. The number of hydrogen-bond donors (Lipinski definition) is 1. The third-order valence-electron chi connectivity index (χ3n) is 4.16. The van der Waals surface area contributed by atoms with Crippen molar-refractivity contribution in [2.24, 2.45) is 0 Å². The van der Waals surface area contributed by atoms with E-state index >= 15 is 0 Å². The Morgan fingerprint density at radius 2 is 1.65 bits per heavy atom. The van der Waals surface area contributed by atoms with Gasteiger partial charge in [-0.2, -0.15) is 0 Å². The van der Waals surface area contributed by atoms with Crippen LogP contribution in [0.4, 0.5) is 0 Å². The fraction of sp³-hybridized carbons (Fsp3) is 0.316. The van der Waals surface area contributed by atoms with Gasteiger partial charge in [-0.05, 0) is 49.6 Å². The molecular weight excluding hydrogens is 290 g/mol. The monoisotopic (exact) mass is 311 g/mol. The first-order valence-electron chi connectivity index (χ1n) is 7.76. The highest BCUT2D eigenvalue weighted by Gasteiger charge is 2.45. The third kappa shape index (κ3) is 3.65. The Morgan fingerprint density at radius 3 is 2.22 bits per heavy atom. The van der Waals surface area contributed by atoms with Gasteiger partial charge in [0.25, 0.3) is 5.91 Å². The Labute approximate surface area is 136 Å². The van der Waals surface area contributed by atoms with Crippen LogP contribution >= 0.6 is 0 Å². The van der Waals surface area contributed by atoms with Gasteiger partial charge in [0.15, 0.2) is 6.61 Å². The van der Waals surface area contributed by atoms with Gasteiger partial charge >= 0.3 is 0 Å². The molecule has 0 bridgehead atoms. The van der Waals surface area contributed by atoms with Gasteiger partial charge in [-0.3, -0.25) is 4.79 Å². The standard InChI is InChI=1S/C19H21NO3/c1-14-3-7-17(8-4-14)23-13-18(21)20-19(11-12-19)15-5-9-16(22-2)10-6-15/h3-10H,11-13H2,1-2H3,(H,20,21). The van der Waals surface area contributed by atoms with Crippen LogP contribution < -0.4 is 14.8 Å². The van der Waals surface area contributed by atoms with Crippen molar-refractivity contribution in [2.75, 3.05) is 13.7 Å². The molecule has 0 unspecified atom stereocenters. The number of nitrogens with one attached hydrogen (secondary N) is 1. The van der Waals surface area contributed by atoms with Crippen LogP contribution in [0.2, 0.25) is 0 Å². The van der Waals surface area contributed by atoms with Crippen molar-refractivity contribution < 1.29 is 14.3 Å². The summed E-state index contributed by atoms with van der Waals surface area (Å²) in [5, 5.41) is 3.10. The van der Waals surface area contributed by atoms with Crippen molar-refractivity contribution in [1.29, 1.82) is 0 Å². The van der Waals surface area contributed by atoms with Gasteiger partial charge in [-0.25, -0.2) is 0 Å². The van der Waals surface area contributed by atoms with Crippen LogP contribution in [0.25, 0.3) is 0 Å². The lowest BCUT2D eigenvalue weighted by Crippen LogP contribution is -2.38. The maximum absolute atomic E-state index is 12.2. The van der Waals surface area contributed by atoms with E-state index in [4.69, 9.17) is 9.47 Å². The van der Waals surface area contributed by atoms with E-state index in [1.54, 1.807) is 7.11 Å². The van der Waals surface area contributed by atoms with E-state index in [1.165, 1.54) is 5.56 Å². The van der Waals surface area contributed by atoms with Crippen molar-refractivity contribution >= 4 is 5.91 Å². The molecule has 2 aromatic rings. The van der Waals surface area contributed by atoms with Crippen molar-refractivity contribution in [2.45, 2.75) is 25.3 Å². The summed E-state index contributed by atoms with van der Waals surface area (Å²) in [6.07, 6.45) is 1.91. The smallest absolute Gasteiger partial charge is 0.258 e. The maximum Gasteiger partial charge on any atom is 0.258 e. The number of methoxy groups -OCH3 is 1. The summed E-state index contributed by atoms with van der Waals surface area (Å²) in [6.45, 7) is 2.04. The molecule has 23 heavy (non-hydrogen) atoms. The average Bonchev–Trinajstić information content (AvgIpc) is 3.35. The zero-order valence-corrected chi connectivity index (χ0v) is 13.5. The van der Waals surface area contributed by atoms with Crippen LogP contribution in [-0.4, -0.2) is 19.6 Å². The van der Waals surface area contributed by atoms with Gasteiger partial charge in [0.1, 0.15) is 11.5 Å². The molecule has 0 aliphatic heterocycles. The molecule has 1 saturated carbocycles. The summed E-state index contributed by atoms with van der Waals surface area (Å²) in [4.78, 5) is 12.2. The van der Waals surface area contributed by atoms with Crippen LogP contribution in [-0.2, 0) is 10.3 Å². The minimum absolute atomic E-state index is 0.0287. The van der Waals surface area contributed by atoms with Crippen LogP contribution in [0.15, 0.2) is 48.5 Å². The van der Waals surface area contributed by atoms with Gasteiger partial charge < -0.3 is 14.8 Å². The van der Waals surface area contributed by atoms with Crippen molar-refractivity contribution in [3.63, 3.8) is 0 Å². The summed E-state index contributed by atoms with van der Waals surface area (Å²) in [5.41, 5.74) is 2.04. The van der Waals surface area contributed by atoms with Crippen LogP contribution in [0.1, 0.15) is 24.0 Å². The zero-order valence-electron chi connectivity index (χ0n) is 13.5. The molecule has 0 heterocycles. The molecule has 1 N–H and O–H groups in total. The number of carbonyl (C=O) groups excluding carboxylic acids is 1. The number of benzene rings is 2. The molecule has 3 rings (SSSR count). The first-order chi connectivity index (χ1) is 11.1. The molecule has 2 aromatic carbocycles. The minimum Gasteiger partial charge on any atom is -0.497 e. The van der Waals surface area contributed by atoms with Crippen molar-refractivity contribution in [3.8, 4) is 11.5 Å². The molecule has 1 aliphatic rings. The number of hydrogen-bond acceptors (Lipinski definition) is 3. The lowest BCUT2D eigenvalue weighted by Gasteiger charge is -2.18. The SMILES string of the molecule is COc1ccc(C2(NC(=O)COc3ccc(C)cc3)CC2)cc1. The summed E-state index contributed by atoms with van der Waals surface area (Å²) in [6, 6.07) is 15.5. The molecule has 4 nitrogen and oxygen atoms in total. The largest absolute Gasteiger partial charge is 0.497 e. The van der Waals surface area contributed by atoms with Crippen LogP contribution in [0, 0.1) is 6.92 Å². The molecule has 4 heteroatoms. The second kappa shape index (κ2) is 6.32. The molecular formula is C19H21NO3. The zero-order chi connectivity index (χ0) is 16.3. The molecule has 1 aliphatic carbocycles. The molecule has 0 atom stereocenters. The molecule has 1 amide bonds. The van der Waals surface area contributed by atoms with E-state index in [-0.39, 0.29) is 18.1 Å². The maximum atomic E-state index is 12.2. The molecule has 120 valence electrons. The first-order valence-corrected chi connectivity index (χ1v) is 7.76. The summed E-state index contributed by atoms with van der Waals surface area (Å²) in [5.74, 6) is 1.43. The summed E-state index contributed by atoms with van der Waals surface area (Å²) < 4.78 is 10.7. The van der Waals surface area contributed by atoms with E-state index in [1.807, 2.05) is 55.5 Å². The highest BCUT2D eigenvalue weighted by molar-refractivity contribution is 5.79.